The first-order valence-corrected chi connectivity index (χ1v) is 4.65. The van der Waals surface area contributed by atoms with Crippen molar-refractivity contribution >= 4 is 0 Å². The van der Waals surface area contributed by atoms with Crippen LogP contribution < -0.4 is 0 Å². The number of aliphatic hydroxyl groups excluding tert-OH is 1. The lowest BCUT2D eigenvalue weighted by Crippen LogP contribution is -2.06. The Morgan fingerprint density at radius 3 is 2.69 bits per heavy atom. The number of halogens is 1. The van der Waals surface area contributed by atoms with E-state index in [-0.39, 0.29) is 11.9 Å². The fourth-order valence-corrected chi connectivity index (χ4v) is 1.23. The minimum absolute atomic E-state index is 0.175. The fraction of sp³-hybridized carbons (Fsp3) is 0.455. The maximum absolute atomic E-state index is 13.1. The van der Waals surface area contributed by atoms with Crippen molar-refractivity contribution in [3.05, 3.63) is 35.6 Å². The molecule has 1 atom stereocenters. The van der Waals surface area contributed by atoms with Gasteiger partial charge in [-0.25, -0.2) is 4.39 Å². The number of aryl methyl sites for hydroxylation is 1. The van der Waals surface area contributed by atoms with Gasteiger partial charge in [-0.3, -0.25) is 0 Å². The van der Waals surface area contributed by atoms with E-state index in [0.717, 1.165) is 6.42 Å². The molecule has 2 heteroatoms. The molecule has 72 valence electrons. The van der Waals surface area contributed by atoms with Crippen molar-refractivity contribution in [3.63, 3.8) is 0 Å². The summed E-state index contributed by atoms with van der Waals surface area (Å²) >= 11 is 0. The Morgan fingerprint density at radius 1 is 1.38 bits per heavy atom. The molecule has 0 aliphatic heterocycles. The fourth-order valence-electron chi connectivity index (χ4n) is 1.23. The van der Waals surface area contributed by atoms with Crippen LogP contribution in [-0.2, 0) is 6.42 Å². The number of aliphatic hydroxyl groups is 1. The first kappa shape index (κ1) is 10.2. The SMILES string of the molecule is CCC(O)CCc1ccccc1F. The molecule has 0 aromatic heterocycles. The highest BCUT2D eigenvalue weighted by atomic mass is 19.1. The van der Waals surface area contributed by atoms with Gasteiger partial charge in [-0.05, 0) is 30.9 Å². The normalized spacial score (nSPS) is 12.8. The van der Waals surface area contributed by atoms with Gasteiger partial charge in [0, 0.05) is 0 Å². The maximum Gasteiger partial charge on any atom is 0.126 e. The minimum Gasteiger partial charge on any atom is -0.393 e. The van der Waals surface area contributed by atoms with Crippen molar-refractivity contribution in [2.75, 3.05) is 0 Å². The van der Waals surface area contributed by atoms with E-state index < -0.39 is 0 Å². The number of benzene rings is 1. The van der Waals surface area contributed by atoms with E-state index in [1.807, 2.05) is 13.0 Å². The highest BCUT2D eigenvalue weighted by Gasteiger charge is 2.04. The number of hydrogen-bond acceptors (Lipinski definition) is 1. The van der Waals surface area contributed by atoms with Crippen molar-refractivity contribution in [2.45, 2.75) is 32.3 Å². The van der Waals surface area contributed by atoms with E-state index in [1.165, 1.54) is 6.07 Å². The molecular weight excluding hydrogens is 167 g/mol. The van der Waals surface area contributed by atoms with Crippen molar-refractivity contribution in [1.29, 1.82) is 0 Å². The Bertz CT molecular complexity index is 260. The van der Waals surface area contributed by atoms with Gasteiger partial charge in [0.05, 0.1) is 6.10 Å². The molecule has 0 radical (unpaired) electrons. The Labute approximate surface area is 78.2 Å². The standard InChI is InChI=1S/C11H15FO/c1-2-10(13)8-7-9-5-3-4-6-11(9)12/h3-6,10,13H,2,7-8H2,1H3. The summed E-state index contributed by atoms with van der Waals surface area (Å²) in [6.45, 7) is 1.92. The molecule has 1 aromatic carbocycles. The topological polar surface area (TPSA) is 20.2 Å². The molecular formula is C11H15FO. The second kappa shape index (κ2) is 4.97. The highest BCUT2D eigenvalue weighted by molar-refractivity contribution is 5.17. The molecule has 0 heterocycles. The molecule has 1 N–H and O–H groups in total. The summed E-state index contributed by atoms with van der Waals surface area (Å²) in [5.74, 6) is -0.175. The zero-order valence-electron chi connectivity index (χ0n) is 7.83. The molecule has 0 saturated heterocycles. The predicted octanol–water partition coefficient (Wildman–Crippen LogP) is 2.53. The van der Waals surface area contributed by atoms with Crippen molar-refractivity contribution < 1.29 is 9.50 Å². The highest BCUT2D eigenvalue weighted by Crippen LogP contribution is 2.10. The Balaban J connectivity index is 2.50. The molecule has 1 aromatic rings. The van der Waals surface area contributed by atoms with Gasteiger partial charge in [0.1, 0.15) is 5.82 Å². The molecule has 13 heavy (non-hydrogen) atoms. The Hall–Kier alpha value is -0.890. The van der Waals surface area contributed by atoms with Crippen molar-refractivity contribution in [1.82, 2.24) is 0 Å². The van der Waals surface area contributed by atoms with Crippen molar-refractivity contribution in [2.24, 2.45) is 0 Å². The van der Waals surface area contributed by atoms with Crippen LogP contribution in [0, 0.1) is 5.82 Å². The van der Waals surface area contributed by atoms with Gasteiger partial charge in [-0.15, -0.1) is 0 Å². The van der Waals surface area contributed by atoms with E-state index in [2.05, 4.69) is 0 Å². The summed E-state index contributed by atoms with van der Waals surface area (Å²) in [5.41, 5.74) is 0.690. The molecule has 0 saturated carbocycles. The monoisotopic (exact) mass is 182 g/mol. The van der Waals surface area contributed by atoms with Crippen LogP contribution in [0.5, 0.6) is 0 Å². The van der Waals surface area contributed by atoms with E-state index in [1.54, 1.807) is 12.1 Å². The average molecular weight is 182 g/mol. The largest absolute Gasteiger partial charge is 0.393 e. The van der Waals surface area contributed by atoms with Gasteiger partial charge in [-0.2, -0.15) is 0 Å². The molecule has 1 nitrogen and oxygen atoms in total. The quantitative estimate of drug-likeness (QED) is 0.758. The second-order valence-corrected chi connectivity index (χ2v) is 3.19. The predicted molar refractivity (Wildman–Crippen MR) is 51.0 cm³/mol. The summed E-state index contributed by atoms with van der Waals surface area (Å²) in [6, 6.07) is 6.71. The Kier molecular flexibility index (Phi) is 3.90. The maximum atomic E-state index is 13.1. The minimum atomic E-state index is -0.306. The zero-order chi connectivity index (χ0) is 9.68. The molecule has 0 aliphatic rings. The van der Waals surface area contributed by atoms with Gasteiger partial charge in [0.2, 0.25) is 0 Å². The first-order valence-electron chi connectivity index (χ1n) is 4.65. The van der Waals surface area contributed by atoms with Gasteiger partial charge in [-0.1, -0.05) is 25.1 Å². The summed E-state index contributed by atoms with van der Waals surface area (Å²) in [6.07, 6.45) is 1.67. The molecule has 0 fully saturated rings. The summed E-state index contributed by atoms with van der Waals surface area (Å²) < 4.78 is 13.1. The second-order valence-electron chi connectivity index (χ2n) is 3.19. The third-order valence-electron chi connectivity index (χ3n) is 2.18. The summed E-state index contributed by atoms with van der Waals surface area (Å²) in [7, 11) is 0. The molecule has 0 amide bonds. The van der Waals surface area contributed by atoms with E-state index in [9.17, 15) is 9.50 Å². The van der Waals surface area contributed by atoms with Gasteiger partial charge < -0.3 is 5.11 Å². The molecule has 0 aliphatic carbocycles. The van der Waals surface area contributed by atoms with E-state index >= 15 is 0 Å². The number of hydrogen-bond donors (Lipinski definition) is 1. The van der Waals surface area contributed by atoms with Crippen LogP contribution in [0.2, 0.25) is 0 Å². The Morgan fingerprint density at radius 2 is 2.08 bits per heavy atom. The van der Waals surface area contributed by atoms with Crippen LogP contribution in [0.25, 0.3) is 0 Å². The van der Waals surface area contributed by atoms with Crippen LogP contribution in [0.3, 0.4) is 0 Å². The average Bonchev–Trinajstić information content (AvgIpc) is 2.16. The van der Waals surface area contributed by atoms with Gasteiger partial charge >= 0.3 is 0 Å². The van der Waals surface area contributed by atoms with Gasteiger partial charge in [0.25, 0.3) is 0 Å². The zero-order valence-corrected chi connectivity index (χ0v) is 7.83. The van der Waals surface area contributed by atoms with Crippen LogP contribution in [0.1, 0.15) is 25.3 Å². The lowest BCUT2D eigenvalue weighted by molar-refractivity contribution is 0.160. The van der Waals surface area contributed by atoms with Crippen LogP contribution >= 0.6 is 0 Å². The van der Waals surface area contributed by atoms with E-state index in [0.29, 0.717) is 18.4 Å². The summed E-state index contributed by atoms with van der Waals surface area (Å²) in [5, 5.41) is 9.29. The van der Waals surface area contributed by atoms with Crippen LogP contribution in [-0.4, -0.2) is 11.2 Å². The number of rotatable bonds is 4. The molecule has 0 spiro atoms. The first-order chi connectivity index (χ1) is 6.24. The van der Waals surface area contributed by atoms with E-state index in [4.69, 9.17) is 0 Å². The third kappa shape index (κ3) is 3.15. The smallest absolute Gasteiger partial charge is 0.126 e. The third-order valence-corrected chi connectivity index (χ3v) is 2.18. The lowest BCUT2D eigenvalue weighted by Gasteiger charge is -2.07. The summed E-state index contributed by atoms with van der Waals surface area (Å²) in [4.78, 5) is 0. The molecule has 1 unspecified atom stereocenters. The molecule has 0 bridgehead atoms. The molecule has 1 rings (SSSR count). The van der Waals surface area contributed by atoms with Crippen LogP contribution in [0.4, 0.5) is 4.39 Å². The van der Waals surface area contributed by atoms with Gasteiger partial charge in [0.15, 0.2) is 0 Å². The lowest BCUT2D eigenvalue weighted by atomic mass is 10.1. The van der Waals surface area contributed by atoms with Crippen molar-refractivity contribution in [3.8, 4) is 0 Å². The van der Waals surface area contributed by atoms with Crippen LogP contribution in [0.15, 0.2) is 24.3 Å².